The number of likely N-dealkylation sites (tertiary alicyclic amines) is 1. The third-order valence-electron chi connectivity index (χ3n) is 5.55. The number of hydrogen-bond acceptors (Lipinski definition) is 5. The van der Waals surface area contributed by atoms with Gasteiger partial charge in [-0.2, -0.15) is 0 Å². The first-order chi connectivity index (χ1) is 13.3. The number of nitrogens with zero attached hydrogens (tertiary/aromatic N) is 2. The van der Waals surface area contributed by atoms with Crippen LogP contribution in [0.5, 0.6) is 0 Å². The van der Waals surface area contributed by atoms with Crippen LogP contribution in [0.1, 0.15) is 58.9 Å². The molecule has 0 amide bonds. The highest BCUT2D eigenvalue weighted by atomic mass is 32.2. The fourth-order valence-corrected chi connectivity index (χ4v) is 6.29. The van der Waals surface area contributed by atoms with Crippen LogP contribution >= 0.6 is 11.3 Å². The number of nitrogens with one attached hydrogen (secondary N) is 1. The van der Waals surface area contributed by atoms with Gasteiger partial charge in [0.05, 0.1) is 15.1 Å². The second kappa shape index (κ2) is 9.07. The molecule has 156 valence electrons. The molecule has 8 heteroatoms. The van der Waals surface area contributed by atoms with Gasteiger partial charge in [-0.25, -0.2) is 13.1 Å². The molecule has 2 heterocycles. The van der Waals surface area contributed by atoms with Crippen molar-refractivity contribution >= 4 is 31.6 Å². The van der Waals surface area contributed by atoms with E-state index in [2.05, 4.69) is 16.5 Å². The number of piperidine rings is 1. The van der Waals surface area contributed by atoms with Gasteiger partial charge in [-0.05, 0) is 70.8 Å². The predicted molar refractivity (Wildman–Crippen MR) is 116 cm³/mol. The third-order valence-corrected chi connectivity index (χ3v) is 7.92. The van der Waals surface area contributed by atoms with E-state index in [1.807, 2.05) is 13.8 Å². The Labute approximate surface area is 171 Å². The van der Waals surface area contributed by atoms with Crippen LogP contribution in [-0.2, 0) is 10.0 Å². The van der Waals surface area contributed by atoms with Gasteiger partial charge in [0.25, 0.3) is 0 Å². The van der Waals surface area contributed by atoms with E-state index in [-0.39, 0.29) is 15.8 Å². The van der Waals surface area contributed by atoms with E-state index < -0.39 is 10.0 Å². The molecule has 1 unspecified atom stereocenters. The number of aromatic nitrogens is 1. The van der Waals surface area contributed by atoms with Crippen molar-refractivity contribution in [3.63, 3.8) is 0 Å². The summed E-state index contributed by atoms with van der Waals surface area (Å²) in [5.41, 5.74) is 0.791. The molecule has 6 nitrogen and oxygen atoms in total. The molecule has 0 saturated carbocycles. The average molecular weight is 426 g/mol. The summed E-state index contributed by atoms with van der Waals surface area (Å²) in [4.78, 5) is 14.8. The molecule has 1 N–H and O–H groups in total. The molecule has 1 saturated heterocycles. The van der Waals surface area contributed by atoms with Crippen LogP contribution in [0.4, 0.5) is 0 Å². The largest absolute Gasteiger partial charge is 0.308 e. The number of sulfonamides is 1. The number of fused-ring (bicyclic) bond motifs is 1. The summed E-state index contributed by atoms with van der Waals surface area (Å²) in [5.74, 6) is 0. The summed E-state index contributed by atoms with van der Waals surface area (Å²) < 4.78 is 30.5. The molecule has 1 aromatic heterocycles. The molecule has 28 heavy (non-hydrogen) atoms. The molecule has 0 radical (unpaired) electrons. The predicted octanol–water partition coefficient (Wildman–Crippen LogP) is 3.58. The van der Waals surface area contributed by atoms with E-state index in [4.69, 9.17) is 0 Å². The summed E-state index contributed by atoms with van der Waals surface area (Å²) in [6.45, 7) is 8.60. The highest BCUT2D eigenvalue weighted by Crippen LogP contribution is 2.24. The maximum absolute atomic E-state index is 12.7. The van der Waals surface area contributed by atoms with Gasteiger partial charge in [0, 0.05) is 18.6 Å². The molecule has 1 aromatic carbocycles. The summed E-state index contributed by atoms with van der Waals surface area (Å²) in [6, 6.07) is 5.62. The average Bonchev–Trinajstić information content (AvgIpc) is 3.00. The first-order valence-corrected chi connectivity index (χ1v) is 12.5. The van der Waals surface area contributed by atoms with Crippen LogP contribution in [0, 0.1) is 0 Å². The van der Waals surface area contributed by atoms with Crippen LogP contribution < -0.4 is 9.60 Å². The van der Waals surface area contributed by atoms with Gasteiger partial charge in [-0.15, -0.1) is 0 Å². The Morgan fingerprint density at radius 2 is 2.07 bits per heavy atom. The normalized spacial score (nSPS) is 18.9. The zero-order chi connectivity index (χ0) is 20.3. The number of rotatable bonds is 8. The monoisotopic (exact) mass is 425 g/mol. The van der Waals surface area contributed by atoms with Gasteiger partial charge in [0.1, 0.15) is 0 Å². The molecular weight excluding hydrogens is 394 g/mol. The zero-order valence-electron chi connectivity index (χ0n) is 17.0. The Bertz CT molecular complexity index is 963. The third kappa shape index (κ3) is 4.67. The standard InChI is InChI=1S/C20H31N3O3S2/c1-4-16-8-5-6-12-22(16)13-7-11-21-28(25,26)17-9-10-18-19(14-17)27-20(24)23(18)15(2)3/h9-10,14-16,21H,4-8,11-13H2,1-3H3. The maximum Gasteiger partial charge on any atom is 0.308 e. The molecule has 1 aliphatic heterocycles. The lowest BCUT2D eigenvalue weighted by Gasteiger charge is -2.35. The minimum absolute atomic E-state index is 0.0450. The van der Waals surface area contributed by atoms with Crippen LogP contribution in [0.25, 0.3) is 10.2 Å². The smallest absolute Gasteiger partial charge is 0.300 e. The Kier molecular flexibility index (Phi) is 6.96. The van der Waals surface area contributed by atoms with E-state index in [0.717, 1.165) is 42.8 Å². The number of thiazole rings is 1. The van der Waals surface area contributed by atoms with Gasteiger partial charge < -0.3 is 4.90 Å². The zero-order valence-corrected chi connectivity index (χ0v) is 18.6. The van der Waals surface area contributed by atoms with Gasteiger partial charge in [-0.3, -0.25) is 9.36 Å². The lowest BCUT2D eigenvalue weighted by Crippen LogP contribution is -2.40. The highest BCUT2D eigenvalue weighted by Gasteiger charge is 2.21. The van der Waals surface area contributed by atoms with Crippen LogP contribution in [0.15, 0.2) is 27.9 Å². The van der Waals surface area contributed by atoms with Crippen LogP contribution in [-0.4, -0.2) is 43.6 Å². The molecule has 1 atom stereocenters. The van der Waals surface area contributed by atoms with Gasteiger partial charge in [0.15, 0.2) is 0 Å². The minimum atomic E-state index is -3.57. The van der Waals surface area contributed by atoms with Crippen molar-refractivity contribution in [3.8, 4) is 0 Å². The quantitative estimate of drug-likeness (QED) is 0.656. The van der Waals surface area contributed by atoms with Gasteiger partial charge in [0.2, 0.25) is 10.0 Å². The van der Waals surface area contributed by atoms with E-state index in [1.165, 1.54) is 19.3 Å². The van der Waals surface area contributed by atoms with Crippen LogP contribution in [0.3, 0.4) is 0 Å². The summed E-state index contributed by atoms with van der Waals surface area (Å²) >= 11 is 1.10. The first kappa shape index (κ1) is 21.5. The van der Waals surface area contributed by atoms with Crippen molar-refractivity contribution in [3.05, 3.63) is 27.9 Å². The molecule has 2 aromatic rings. The summed E-state index contributed by atoms with van der Waals surface area (Å²) in [5, 5.41) is 0. The Morgan fingerprint density at radius 3 is 2.79 bits per heavy atom. The van der Waals surface area contributed by atoms with Crippen molar-refractivity contribution in [2.24, 2.45) is 0 Å². The minimum Gasteiger partial charge on any atom is -0.300 e. The number of benzene rings is 1. The second-order valence-electron chi connectivity index (χ2n) is 7.81. The second-order valence-corrected chi connectivity index (χ2v) is 10.6. The number of hydrogen-bond donors (Lipinski definition) is 1. The van der Waals surface area contributed by atoms with Gasteiger partial charge in [-0.1, -0.05) is 24.7 Å². The molecule has 1 fully saturated rings. The van der Waals surface area contributed by atoms with Crippen LogP contribution in [0.2, 0.25) is 0 Å². The molecule has 0 spiro atoms. The molecule has 0 bridgehead atoms. The van der Waals surface area contributed by atoms with Gasteiger partial charge >= 0.3 is 4.87 Å². The first-order valence-electron chi connectivity index (χ1n) is 10.2. The van der Waals surface area contributed by atoms with E-state index in [1.54, 1.807) is 22.8 Å². The molecule has 1 aliphatic rings. The topological polar surface area (TPSA) is 71.4 Å². The fourth-order valence-electron chi connectivity index (χ4n) is 4.06. The molecule has 3 rings (SSSR count). The Morgan fingerprint density at radius 1 is 1.29 bits per heavy atom. The van der Waals surface area contributed by atoms with Crippen molar-refractivity contribution in [1.29, 1.82) is 0 Å². The summed E-state index contributed by atoms with van der Waals surface area (Å²) in [7, 11) is -3.57. The highest BCUT2D eigenvalue weighted by molar-refractivity contribution is 7.89. The molecular formula is C20H31N3O3S2. The van der Waals surface area contributed by atoms with E-state index >= 15 is 0 Å². The lowest BCUT2D eigenvalue weighted by atomic mass is 10.00. The maximum atomic E-state index is 12.7. The Hall–Kier alpha value is -1.22. The van der Waals surface area contributed by atoms with Crippen molar-refractivity contribution in [2.75, 3.05) is 19.6 Å². The van der Waals surface area contributed by atoms with Crippen molar-refractivity contribution in [2.45, 2.75) is 69.9 Å². The summed E-state index contributed by atoms with van der Waals surface area (Å²) in [6.07, 6.45) is 5.75. The fraction of sp³-hybridized carbons (Fsp3) is 0.650. The lowest BCUT2D eigenvalue weighted by molar-refractivity contribution is 0.143. The van der Waals surface area contributed by atoms with E-state index in [9.17, 15) is 13.2 Å². The van der Waals surface area contributed by atoms with Crippen molar-refractivity contribution < 1.29 is 8.42 Å². The molecule has 0 aliphatic carbocycles. The van der Waals surface area contributed by atoms with E-state index in [0.29, 0.717) is 17.3 Å². The van der Waals surface area contributed by atoms with Crippen molar-refractivity contribution in [1.82, 2.24) is 14.2 Å². The SMILES string of the molecule is CCC1CCCCN1CCCNS(=O)(=O)c1ccc2c(c1)sc(=O)n2C(C)C. The Balaban J connectivity index is 1.63.